The second kappa shape index (κ2) is 5.03. The fraction of sp³-hybridized carbons (Fsp3) is 0.615. The first kappa shape index (κ1) is 13.6. The van der Waals surface area contributed by atoms with Gasteiger partial charge in [0.1, 0.15) is 17.7 Å². The number of nitrogens with zero attached hydrogens (tertiary/aromatic N) is 2. The molecule has 0 saturated carbocycles. The molecule has 1 aromatic rings. The van der Waals surface area contributed by atoms with E-state index in [9.17, 15) is 14.7 Å². The van der Waals surface area contributed by atoms with Crippen molar-refractivity contribution in [3.05, 3.63) is 22.2 Å². The Kier molecular flexibility index (Phi) is 3.59. The van der Waals surface area contributed by atoms with E-state index in [1.165, 1.54) is 6.07 Å². The van der Waals surface area contributed by atoms with Crippen LogP contribution in [0.3, 0.4) is 0 Å². The highest BCUT2D eigenvalue weighted by Crippen LogP contribution is 2.28. The minimum atomic E-state index is -0.863. The van der Waals surface area contributed by atoms with Crippen molar-refractivity contribution in [2.75, 3.05) is 11.4 Å². The van der Waals surface area contributed by atoms with Gasteiger partial charge >= 0.3 is 5.97 Å². The van der Waals surface area contributed by atoms with Gasteiger partial charge in [-0.15, -0.1) is 0 Å². The quantitative estimate of drug-likeness (QED) is 0.857. The number of aromatic amines is 1. The van der Waals surface area contributed by atoms with Gasteiger partial charge in [0.05, 0.1) is 0 Å². The molecule has 2 unspecified atom stereocenters. The number of nitrogens with one attached hydrogen (secondary N) is 1. The summed E-state index contributed by atoms with van der Waals surface area (Å²) in [5.41, 5.74) is -0.239. The molecule has 1 saturated heterocycles. The predicted molar refractivity (Wildman–Crippen MR) is 71.5 cm³/mol. The smallest absolute Gasteiger partial charge is 0.326 e. The Morgan fingerprint density at radius 1 is 1.58 bits per heavy atom. The van der Waals surface area contributed by atoms with E-state index in [4.69, 9.17) is 0 Å². The zero-order chi connectivity index (χ0) is 14.2. The number of carbonyl (C=O) groups is 1. The zero-order valence-corrected chi connectivity index (χ0v) is 11.4. The minimum Gasteiger partial charge on any atom is -0.480 e. The molecule has 19 heavy (non-hydrogen) atoms. The third-order valence-corrected chi connectivity index (χ3v) is 3.54. The molecule has 0 radical (unpaired) electrons. The van der Waals surface area contributed by atoms with Crippen molar-refractivity contribution >= 4 is 11.8 Å². The summed E-state index contributed by atoms with van der Waals surface area (Å²) in [5, 5.41) is 9.31. The summed E-state index contributed by atoms with van der Waals surface area (Å²) in [7, 11) is 0. The SMILES string of the molecule is CC(C)c1nc(N2CCC(C)C2C(=O)O)cc(=O)[nH]1. The Morgan fingerprint density at radius 3 is 2.84 bits per heavy atom. The van der Waals surface area contributed by atoms with Crippen molar-refractivity contribution in [3.63, 3.8) is 0 Å². The van der Waals surface area contributed by atoms with Crippen molar-refractivity contribution in [2.45, 2.75) is 39.2 Å². The molecule has 2 N–H and O–H groups in total. The maximum Gasteiger partial charge on any atom is 0.326 e. The van der Waals surface area contributed by atoms with Crippen molar-refractivity contribution in [3.8, 4) is 0 Å². The van der Waals surface area contributed by atoms with Crippen LogP contribution in [-0.4, -0.2) is 33.6 Å². The monoisotopic (exact) mass is 265 g/mol. The van der Waals surface area contributed by atoms with Crippen LogP contribution in [0.1, 0.15) is 38.9 Å². The number of rotatable bonds is 3. The van der Waals surface area contributed by atoms with E-state index >= 15 is 0 Å². The van der Waals surface area contributed by atoms with Gasteiger partial charge in [0.15, 0.2) is 0 Å². The minimum absolute atomic E-state index is 0.0566. The number of H-pyrrole nitrogens is 1. The third kappa shape index (κ3) is 2.62. The molecular weight excluding hydrogens is 246 g/mol. The molecule has 1 aromatic heterocycles. The number of anilines is 1. The summed E-state index contributed by atoms with van der Waals surface area (Å²) in [4.78, 5) is 31.8. The van der Waals surface area contributed by atoms with E-state index < -0.39 is 12.0 Å². The number of hydrogen-bond donors (Lipinski definition) is 2. The van der Waals surface area contributed by atoms with Crippen LogP contribution in [0, 0.1) is 5.92 Å². The van der Waals surface area contributed by atoms with Gasteiger partial charge in [-0.3, -0.25) is 4.79 Å². The Balaban J connectivity index is 2.41. The Labute approximate surface area is 111 Å². The molecule has 0 spiro atoms. The van der Waals surface area contributed by atoms with Gasteiger partial charge in [-0.05, 0) is 12.3 Å². The van der Waals surface area contributed by atoms with Crippen LogP contribution in [0.2, 0.25) is 0 Å². The Hall–Kier alpha value is -1.85. The zero-order valence-electron chi connectivity index (χ0n) is 11.4. The molecule has 0 aromatic carbocycles. The molecule has 2 heterocycles. The molecule has 0 amide bonds. The Bertz CT molecular complexity index is 538. The molecule has 6 nitrogen and oxygen atoms in total. The highest BCUT2D eigenvalue weighted by atomic mass is 16.4. The summed E-state index contributed by atoms with van der Waals surface area (Å²) < 4.78 is 0. The average Bonchev–Trinajstić information content (AvgIpc) is 2.70. The second-order valence-corrected chi connectivity index (χ2v) is 5.39. The molecular formula is C13H19N3O3. The van der Waals surface area contributed by atoms with Gasteiger partial charge < -0.3 is 15.0 Å². The van der Waals surface area contributed by atoms with Crippen molar-refractivity contribution in [1.82, 2.24) is 9.97 Å². The van der Waals surface area contributed by atoms with E-state index in [0.717, 1.165) is 6.42 Å². The van der Waals surface area contributed by atoms with Crippen LogP contribution in [-0.2, 0) is 4.79 Å². The lowest BCUT2D eigenvalue weighted by atomic mass is 10.0. The third-order valence-electron chi connectivity index (χ3n) is 3.54. The number of aromatic nitrogens is 2. The highest BCUT2D eigenvalue weighted by molar-refractivity contribution is 5.78. The maximum absolute atomic E-state index is 11.7. The summed E-state index contributed by atoms with van der Waals surface area (Å²) in [6, 6.07) is 0.772. The molecule has 0 bridgehead atoms. The molecule has 6 heteroatoms. The first-order chi connectivity index (χ1) is 8.90. The molecule has 2 rings (SSSR count). The number of hydrogen-bond acceptors (Lipinski definition) is 4. The van der Waals surface area contributed by atoms with Crippen LogP contribution in [0.15, 0.2) is 10.9 Å². The van der Waals surface area contributed by atoms with E-state index in [0.29, 0.717) is 18.2 Å². The lowest BCUT2D eigenvalue weighted by Crippen LogP contribution is -2.40. The van der Waals surface area contributed by atoms with E-state index in [-0.39, 0.29) is 17.4 Å². The lowest BCUT2D eigenvalue weighted by Gasteiger charge is -2.24. The molecule has 104 valence electrons. The first-order valence-corrected chi connectivity index (χ1v) is 6.51. The Morgan fingerprint density at radius 2 is 2.26 bits per heavy atom. The van der Waals surface area contributed by atoms with Crippen LogP contribution in [0.4, 0.5) is 5.82 Å². The van der Waals surface area contributed by atoms with Gasteiger partial charge in [0.2, 0.25) is 0 Å². The lowest BCUT2D eigenvalue weighted by molar-refractivity contribution is -0.139. The van der Waals surface area contributed by atoms with E-state index in [1.807, 2.05) is 20.8 Å². The summed E-state index contributed by atoms with van der Waals surface area (Å²) in [6.07, 6.45) is 0.794. The molecule has 1 aliphatic heterocycles. The van der Waals surface area contributed by atoms with Crippen molar-refractivity contribution in [2.24, 2.45) is 5.92 Å². The standard InChI is InChI=1S/C13H19N3O3/c1-7(2)12-14-9(6-10(17)15-12)16-5-4-8(3)11(16)13(18)19/h6-8,11H,4-5H2,1-3H3,(H,18,19)(H,14,15,17). The highest BCUT2D eigenvalue weighted by Gasteiger charge is 2.37. The van der Waals surface area contributed by atoms with Crippen LogP contribution >= 0.6 is 0 Å². The second-order valence-electron chi connectivity index (χ2n) is 5.39. The van der Waals surface area contributed by atoms with Crippen molar-refractivity contribution < 1.29 is 9.90 Å². The van der Waals surface area contributed by atoms with Crippen LogP contribution < -0.4 is 10.5 Å². The van der Waals surface area contributed by atoms with E-state index in [2.05, 4.69) is 9.97 Å². The largest absolute Gasteiger partial charge is 0.480 e. The number of carboxylic acid groups (broad SMARTS) is 1. The van der Waals surface area contributed by atoms with E-state index in [1.54, 1.807) is 4.90 Å². The molecule has 1 aliphatic rings. The molecule has 2 atom stereocenters. The summed E-state index contributed by atoms with van der Waals surface area (Å²) in [6.45, 7) is 6.40. The van der Waals surface area contributed by atoms with Gasteiger partial charge in [-0.25, -0.2) is 9.78 Å². The van der Waals surface area contributed by atoms with Gasteiger partial charge in [0, 0.05) is 18.5 Å². The fourth-order valence-corrected chi connectivity index (χ4v) is 2.46. The normalized spacial score (nSPS) is 23.1. The van der Waals surface area contributed by atoms with Gasteiger partial charge in [-0.2, -0.15) is 0 Å². The number of carboxylic acids is 1. The van der Waals surface area contributed by atoms with Gasteiger partial charge in [0.25, 0.3) is 5.56 Å². The topological polar surface area (TPSA) is 86.3 Å². The summed E-state index contributed by atoms with van der Waals surface area (Å²) in [5.74, 6) is 0.339. The fourth-order valence-electron chi connectivity index (χ4n) is 2.46. The molecule has 1 fully saturated rings. The van der Waals surface area contributed by atoms with Crippen LogP contribution in [0.5, 0.6) is 0 Å². The van der Waals surface area contributed by atoms with Gasteiger partial charge in [-0.1, -0.05) is 20.8 Å². The average molecular weight is 265 g/mol. The van der Waals surface area contributed by atoms with Crippen LogP contribution in [0.25, 0.3) is 0 Å². The van der Waals surface area contributed by atoms with Crippen molar-refractivity contribution in [1.29, 1.82) is 0 Å². The maximum atomic E-state index is 11.7. The molecule has 0 aliphatic carbocycles. The predicted octanol–water partition coefficient (Wildman–Crippen LogP) is 1.19. The number of aliphatic carboxylic acids is 1. The first-order valence-electron chi connectivity index (χ1n) is 6.51. The summed E-state index contributed by atoms with van der Waals surface area (Å²) >= 11 is 0.